The van der Waals surface area contributed by atoms with E-state index in [2.05, 4.69) is 15.3 Å². The van der Waals surface area contributed by atoms with Gasteiger partial charge in [-0.05, 0) is 31.0 Å². The fraction of sp³-hybridized carbons (Fsp3) is 0.438. The quantitative estimate of drug-likeness (QED) is 0.730. The molecule has 0 fully saturated rings. The third kappa shape index (κ3) is 4.31. The van der Waals surface area contributed by atoms with Crippen molar-refractivity contribution in [2.24, 2.45) is 0 Å². The molecule has 2 rings (SSSR count). The molecule has 6 heteroatoms. The van der Waals surface area contributed by atoms with Gasteiger partial charge in [0.25, 0.3) is 0 Å². The number of imidazole rings is 1. The molecule has 1 heterocycles. The van der Waals surface area contributed by atoms with Gasteiger partial charge in [0.05, 0.1) is 23.9 Å². The predicted molar refractivity (Wildman–Crippen MR) is 83.6 cm³/mol. The minimum absolute atomic E-state index is 0.0433. The normalized spacial score (nSPS) is 12.3. The molecule has 0 bridgehead atoms. The second-order valence-corrected chi connectivity index (χ2v) is 5.50. The number of rotatable bonds is 7. The van der Waals surface area contributed by atoms with Gasteiger partial charge < -0.3 is 15.4 Å². The molecule has 0 spiro atoms. The fourth-order valence-electron chi connectivity index (χ4n) is 2.54. The van der Waals surface area contributed by atoms with Crippen LogP contribution in [0.2, 0.25) is 0 Å². The monoisotopic (exact) mass is 303 g/mol. The highest BCUT2D eigenvalue weighted by Crippen LogP contribution is 2.14. The number of nitrogens with one attached hydrogen (secondary N) is 2. The van der Waals surface area contributed by atoms with Crippen molar-refractivity contribution in [1.82, 2.24) is 15.3 Å². The van der Waals surface area contributed by atoms with Crippen LogP contribution in [0, 0.1) is 6.92 Å². The Kier molecular flexibility index (Phi) is 5.14. The molecule has 6 nitrogen and oxygen atoms in total. The van der Waals surface area contributed by atoms with Gasteiger partial charge in [0.15, 0.2) is 0 Å². The number of carbonyl (C=O) groups is 2. The fourth-order valence-corrected chi connectivity index (χ4v) is 2.54. The molecule has 22 heavy (non-hydrogen) atoms. The number of hydrogen-bond donors (Lipinski definition) is 3. The summed E-state index contributed by atoms with van der Waals surface area (Å²) in [5, 5.41) is 11.7. The van der Waals surface area contributed by atoms with Crippen molar-refractivity contribution in [2.75, 3.05) is 0 Å². The van der Waals surface area contributed by atoms with Gasteiger partial charge in [0, 0.05) is 6.04 Å². The van der Waals surface area contributed by atoms with E-state index < -0.39 is 5.97 Å². The molecule has 0 radical (unpaired) electrons. The van der Waals surface area contributed by atoms with E-state index >= 15 is 0 Å². The summed E-state index contributed by atoms with van der Waals surface area (Å²) < 4.78 is 0. The highest BCUT2D eigenvalue weighted by atomic mass is 16.4. The van der Waals surface area contributed by atoms with Crippen LogP contribution in [-0.2, 0) is 16.0 Å². The number of carbonyl (C=O) groups excluding carboxylic acids is 1. The molecule has 0 unspecified atom stereocenters. The molecule has 0 aliphatic heterocycles. The minimum atomic E-state index is -0.895. The summed E-state index contributed by atoms with van der Waals surface area (Å²) in [4.78, 5) is 30.4. The lowest BCUT2D eigenvalue weighted by Gasteiger charge is -2.16. The SMILES string of the molecule is CCC[C@@H](CC(=O)O)NC(=O)Cc1ccc2nc(C)[nH]c2c1. The van der Waals surface area contributed by atoms with Crippen LogP contribution in [0.1, 0.15) is 37.6 Å². The standard InChI is InChI=1S/C16H21N3O3/c1-3-4-12(9-16(21)22)19-15(20)8-11-5-6-13-14(7-11)18-10(2)17-13/h5-7,12H,3-4,8-9H2,1-2H3,(H,17,18)(H,19,20)(H,21,22)/t12-/m0/s1. The number of amides is 1. The minimum Gasteiger partial charge on any atom is -0.481 e. The molecule has 1 aromatic heterocycles. The average Bonchev–Trinajstić information content (AvgIpc) is 2.77. The second-order valence-electron chi connectivity index (χ2n) is 5.50. The van der Waals surface area contributed by atoms with Crippen LogP contribution in [0.15, 0.2) is 18.2 Å². The number of H-pyrrole nitrogens is 1. The molecule has 0 aliphatic rings. The molecule has 2 aromatic rings. The number of hydrogen-bond acceptors (Lipinski definition) is 3. The number of carboxylic acids is 1. The van der Waals surface area contributed by atoms with Crippen molar-refractivity contribution in [1.29, 1.82) is 0 Å². The number of fused-ring (bicyclic) bond motifs is 1. The first-order valence-electron chi connectivity index (χ1n) is 7.44. The number of aryl methyl sites for hydroxylation is 1. The van der Waals surface area contributed by atoms with Gasteiger partial charge in [0.2, 0.25) is 5.91 Å². The number of carboxylic acid groups (broad SMARTS) is 1. The number of benzene rings is 1. The summed E-state index contributed by atoms with van der Waals surface area (Å²) in [6.45, 7) is 3.85. The Morgan fingerprint density at radius 1 is 1.41 bits per heavy atom. The van der Waals surface area contributed by atoms with E-state index in [0.29, 0.717) is 6.42 Å². The maximum atomic E-state index is 12.1. The maximum Gasteiger partial charge on any atom is 0.305 e. The van der Waals surface area contributed by atoms with Gasteiger partial charge in [-0.25, -0.2) is 4.98 Å². The van der Waals surface area contributed by atoms with Crippen molar-refractivity contribution in [3.8, 4) is 0 Å². The van der Waals surface area contributed by atoms with Crippen LogP contribution < -0.4 is 5.32 Å². The Labute approximate surface area is 128 Å². The third-order valence-corrected chi connectivity index (χ3v) is 3.45. The van der Waals surface area contributed by atoms with Gasteiger partial charge in [0.1, 0.15) is 5.82 Å². The van der Waals surface area contributed by atoms with Crippen LogP contribution in [0.5, 0.6) is 0 Å². The van der Waals surface area contributed by atoms with Crippen molar-refractivity contribution in [3.05, 3.63) is 29.6 Å². The van der Waals surface area contributed by atoms with Crippen LogP contribution in [0.3, 0.4) is 0 Å². The van der Waals surface area contributed by atoms with Crippen LogP contribution in [-0.4, -0.2) is 33.0 Å². The van der Waals surface area contributed by atoms with Gasteiger partial charge in [-0.2, -0.15) is 0 Å². The second kappa shape index (κ2) is 7.06. The summed E-state index contributed by atoms with van der Waals surface area (Å²) in [6, 6.07) is 5.34. The van der Waals surface area contributed by atoms with Gasteiger partial charge >= 0.3 is 5.97 Å². The van der Waals surface area contributed by atoms with E-state index in [1.54, 1.807) is 0 Å². The number of aromatic amines is 1. The van der Waals surface area contributed by atoms with Crippen molar-refractivity contribution in [3.63, 3.8) is 0 Å². The Hall–Kier alpha value is -2.37. The Morgan fingerprint density at radius 3 is 2.86 bits per heavy atom. The molecular formula is C16H21N3O3. The smallest absolute Gasteiger partial charge is 0.305 e. The molecule has 1 atom stereocenters. The lowest BCUT2D eigenvalue weighted by atomic mass is 10.1. The topological polar surface area (TPSA) is 95.1 Å². The number of aromatic nitrogens is 2. The first-order chi connectivity index (χ1) is 10.5. The zero-order valence-electron chi connectivity index (χ0n) is 12.8. The zero-order chi connectivity index (χ0) is 16.1. The van der Waals surface area contributed by atoms with Crippen molar-refractivity contribution >= 4 is 22.9 Å². The third-order valence-electron chi connectivity index (χ3n) is 3.45. The summed E-state index contributed by atoms with van der Waals surface area (Å²) in [5.74, 6) is -0.218. The van der Waals surface area contributed by atoms with Crippen LogP contribution in [0.4, 0.5) is 0 Å². The predicted octanol–water partition coefficient (Wildman–Crippen LogP) is 2.17. The van der Waals surface area contributed by atoms with Crippen LogP contribution in [0.25, 0.3) is 11.0 Å². The molecule has 0 aliphatic carbocycles. The summed E-state index contributed by atoms with van der Waals surface area (Å²) in [6.07, 6.45) is 1.68. The molecule has 0 saturated carbocycles. The zero-order valence-corrected chi connectivity index (χ0v) is 12.8. The summed E-state index contributed by atoms with van der Waals surface area (Å²) >= 11 is 0. The van der Waals surface area contributed by atoms with Crippen LogP contribution >= 0.6 is 0 Å². The lowest BCUT2D eigenvalue weighted by Crippen LogP contribution is -2.37. The van der Waals surface area contributed by atoms with E-state index in [9.17, 15) is 9.59 Å². The summed E-state index contributed by atoms with van der Waals surface area (Å²) in [7, 11) is 0. The van der Waals surface area contributed by atoms with E-state index in [4.69, 9.17) is 5.11 Å². The molecule has 118 valence electrons. The van der Waals surface area contributed by atoms with Gasteiger partial charge in [-0.3, -0.25) is 9.59 Å². The highest BCUT2D eigenvalue weighted by molar-refractivity contribution is 5.82. The molecule has 3 N–H and O–H groups in total. The maximum absolute atomic E-state index is 12.1. The van der Waals surface area contributed by atoms with Gasteiger partial charge in [-0.1, -0.05) is 19.4 Å². The Morgan fingerprint density at radius 2 is 2.18 bits per heavy atom. The van der Waals surface area contributed by atoms with E-state index in [0.717, 1.165) is 28.8 Å². The molecule has 1 amide bonds. The lowest BCUT2D eigenvalue weighted by molar-refractivity contribution is -0.137. The number of aliphatic carboxylic acids is 1. The molecule has 0 saturated heterocycles. The number of nitrogens with zero attached hydrogens (tertiary/aromatic N) is 1. The Balaban J connectivity index is 2.00. The van der Waals surface area contributed by atoms with E-state index in [1.165, 1.54) is 0 Å². The Bertz CT molecular complexity index is 678. The van der Waals surface area contributed by atoms with E-state index in [1.807, 2.05) is 32.0 Å². The molecule has 1 aromatic carbocycles. The first-order valence-corrected chi connectivity index (χ1v) is 7.44. The van der Waals surface area contributed by atoms with Crippen molar-refractivity contribution in [2.45, 2.75) is 45.6 Å². The highest BCUT2D eigenvalue weighted by Gasteiger charge is 2.15. The van der Waals surface area contributed by atoms with E-state index in [-0.39, 0.29) is 24.8 Å². The van der Waals surface area contributed by atoms with Crippen molar-refractivity contribution < 1.29 is 14.7 Å². The molecular weight excluding hydrogens is 282 g/mol. The van der Waals surface area contributed by atoms with Gasteiger partial charge in [-0.15, -0.1) is 0 Å². The summed E-state index contributed by atoms with van der Waals surface area (Å²) in [5.41, 5.74) is 2.65. The first kappa shape index (κ1) is 16.0. The average molecular weight is 303 g/mol. The largest absolute Gasteiger partial charge is 0.481 e.